The molecule has 4 rings (SSSR count). The number of nitrogens with one attached hydrogen (secondary N) is 1. The fourth-order valence-electron chi connectivity index (χ4n) is 4.58. The topological polar surface area (TPSA) is 85.2 Å². The molecule has 1 unspecified atom stereocenters. The van der Waals surface area contributed by atoms with Crippen LogP contribution >= 0.6 is 0 Å². The number of nitriles is 1. The molecular formula is C22H27FN6O. The van der Waals surface area contributed by atoms with Crippen LogP contribution in [0.15, 0.2) is 24.5 Å². The Kier molecular flexibility index (Phi) is 6.09. The van der Waals surface area contributed by atoms with E-state index in [9.17, 15) is 14.4 Å². The van der Waals surface area contributed by atoms with Gasteiger partial charge in [0.1, 0.15) is 12.1 Å². The molecule has 1 saturated carbocycles. The van der Waals surface area contributed by atoms with Crippen LogP contribution in [0, 0.1) is 11.3 Å². The number of nitrogens with zero attached hydrogens (tertiary/aromatic N) is 5. The van der Waals surface area contributed by atoms with Crippen LogP contribution in [-0.4, -0.2) is 70.1 Å². The molecule has 8 heteroatoms. The van der Waals surface area contributed by atoms with Crippen molar-refractivity contribution in [1.29, 1.82) is 5.26 Å². The van der Waals surface area contributed by atoms with Crippen LogP contribution in [0.3, 0.4) is 0 Å². The van der Waals surface area contributed by atoms with Gasteiger partial charge in [0.15, 0.2) is 6.17 Å². The van der Waals surface area contributed by atoms with Gasteiger partial charge in [-0.3, -0.25) is 9.69 Å². The molecule has 1 amide bonds. The maximum absolute atomic E-state index is 13.3. The number of carbonyl (C=O) groups is 1. The zero-order valence-corrected chi connectivity index (χ0v) is 17.2. The van der Waals surface area contributed by atoms with Crippen molar-refractivity contribution in [3.8, 4) is 6.07 Å². The predicted molar refractivity (Wildman–Crippen MR) is 113 cm³/mol. The molecule has 2 aromatic rings. The molecule has 1 N–H and O–H groups in total. The molecule has 1 aromatic carbocycles. The first-order valence-corrected chi connectivity index (χ1v) is 10.6. The van der Waals surface area contributed by atoms with Crippen LogP contribution in [0.4, 0.5) is 10.2 Å². The Balaban J connectivity index is 1.32. The highest BCUT2D eigenvalue weighted by Gasteiger charge is 2.30. The fourth-order valence-corrected chi connectivity index (χ4v) is 4.58. The van der Waals surface area contributed by atoms with E-state index in [1.165, 1.54) is 6.92 Å². The highest BCUT2D eigenvalue weighted by atomic mass is 19.1. The highest BCUT2D eigenvalue weighted by molar-refractivity contribution is 5.89. The van der Waals surface area contributed by atoms with Crippen molar-refractivity contribution in [2.45, 2.75) is 50.9 Å². The lowest BCUT2D eigenvalue weighted by Gasteiger charge is -2.42. The Bertz CT molecular complexity index is 942. The zero-order valence-electron chi connectivity index (χ0n) is 17.2. The molecule has 0 bridgehead atoms. The van der Waals surface area contributed by atoms with Gasteiger partial charge in [0.05, 0.1) is 17.1 Å². The van der Waals surface area contributed by atoms with Gasteiger partial charge in [-0.05, 0) is 50.8 Å². The minimum absolute atomic E-state index is 0.334. The van der Waals surface area contributed by atoms with Crippen LogP contribution in [0.25, 0.3) is 10.9 Å². The molecule has 158 valence electrons. The van der Waals surface area contributed by atoms with Crippen molar-refractivity contribution < 1.29 is 9.18 Å². The number of amides is 1. The summed E-state index contributed by atoms with van der Waals surface area (Å²) in [5.74, 6) is 0.396. The van der Waals surface area contributed by atoms with Crippen LogP contribution in [-0.2, 0) is 4.79 Å². The van der Waals surface area contributed by atoms with Gasteiger partial charge in [-0.25, -0.2) is 14.4 Å². The number of benzene rings is 1. The smallest absolute Gasteiger partial charge is 0.256 e. The van der Waals surface area contributed by atoms with Gasteiger partial charge in [0.2, 0.25) is 0 Å². The summed E-state index contributed by atoms with van der Waals surface area (Å²) in [5.41, 5.74) is 1.43. The number of hydrogen-bond donors (Lipinski definition) is 1. The molecule has 1 saturated heterocycles. The van der Waals surface area contributed by atoms with Crippen LogP contribution < -0.4 is 5.32 Å². The molecule has 0 spiro atoms. The third-order valence-corrected chi connectivity index (χ3v) is 6.28. The van der Waals surface area contributed by atoms with Crippen LogP contribution in [0.5, 0.6) is 0 Å². The van der Waals surface area contributed by atoms with Crippen molar-refractivity contribution in [2.24, 2.45) is 0 Å². The van der Waals surface area contributed by atoms with Gasteiger partial charge in [-0.15, -0.1) is 0 Å². The Labute approximate surface area is 175 Å². The Morgan fingerprint density at radius 1 is 1.20 bits per heavy atom. The van der Waals surface area contributed by atoms with E-state index in [1.54, 1.807) is 17.3 Å². The highest BCUT2D eigenvalue weighted by Crippen LogP contribution is 2.28. The van der Waals surface area contributed by atoms with Crippen LogP contribution in [0.2, 0.25) is 0 Å². The molecule has 2 fully saturated rings. The van der Waals surface area contributed by atoms with Crippen molar-refractivity contribution >= 4 is 22.6 Å². The van der Waals surface area contributed by atoms with Crippen molar-refractivity contribution in [3.05, 3.63) is 30.1 Å². The molecule has 2 aliphatic rings. The van der Waals surface area contributed by atoms with E-state index < -0.39 is 6.17 Å². The predicted octanol–water partition coefficient (Wildman–Crippen LogP) is 2.73. The molecule has 0 radical (unpaired) electrons. The summed E-state index contributed by atoms with van der Waals surface area (Å²) in [4.78, 5) is 24.6. The molecule has 1 aromatic heterocycles. The summed E-state index contributed by atoms with van der Waals surface area (Å²) in [6, 6.07) is 8.48. The van der Waals surface area contributed by atoms with Gasteiger partial charge in [0, 0.05) is 43.6 Å². The average Bonchev–Trinajstić information content (AvgIpc) is 2.79. The lowest BCUT2D eigenvalue weighted by molar-refractivity contribution is -0.138. The van der Waals surface area contributed by atoms with Gasteiger partial charge < -0.3 is 10.2 Å². The van der Waals surface area contributed by atoms with E-state index in [0.717, 1.165) is 55.5 Å². The third kappa shape index (κ3) is 4.36. The standard InChI is InChI=1S/C22H27FN6O/c1-15(23)22(30)29-10-8-28(9-11-29)18-5-3-17(4-6-18)27-21-19-12-16(13-24)2-7-20(19)25-14-26-21/h2,7,12,14-15,17-18H,3-6,8-11H2,1H3,(H,25,26,27). The number of alkyl halides is 1. The van der Waals surface area contributed by atoms with Gasteiger partial charge in [-0.2, -0.15) is 5.26 Å². The number of halogens is 1. The second-order valence-electron chi connectivity index (χ2n) is 8.19. The SMILES string of the molecule is CC(F)C(=O)N1CCN(C2CCC(Nc3ncnc4ccc(C#N)cc34)CC2)CC1. The number of carbonyl (C=O) groups excluding carboxylic acids is 1. The Morgan fingerprint density at radius 2 is 1.93 bits per heavy atom. The van der Waals surface area contributed by atoms with E-state index in [4.69, 9.17) is 0 Å². The first kappa shape index (κ1) is 20.5. The molecular weight excluding hydrogens is 383 g/mol. The summed E-state index contributed by atoms with van der Waals surface area (Å²) in [5, 5.41) is 13.6. The number of anilines is 1. The van der Waals surface area contributed by atoms with E-state index in [1.807, 2.05) is 12.1 Å². The minimum atomic E-state index is -1.42. The number of rotatable bonds is 4. The first-order chi connectivity index (χ1) is 14.5. The normalized spacial score (nSPS) is 23.7. The summed E-state index contributed by atoms with van der Waals surface area (Å²) in [6.07, 6.45) is 4.38. The largest absolute Gasteiger partial charge is 0.367 e. The monoisotopic (exact) mass is 410 g/mol. The van der Waals surface area contributed by atoms with Crippen molar-refractivity contribution in [3.63, 3.8) is 0 Å². The van der Waals surface area contributed by atoms with Crippen molar-refractivity contribution in [2.75, 3.05) is 31.5 Å². The molecule has 2 heterocycles. The summed E-state index contributed by atoms with van der Waals surface area (Å²) < 4.78 is 13.3. The number of fused-ring (bicyclic) bond motifs is 1. The molecule has 1 atom stereocenters. The number of piperazine rings is 1. The maximum atomic E-state index is 13.3. The van der Waals surface area contributed by atoms with Gasteiger partial charge in [-0.1, -0.05) is 0 Å². The van der Waals surface area contributed by atoms with E-state index in [0.29, 0.717) is 30.7 Å². The van der Waals surface area contributed by atoms with Gasteiger partial charge >= 0.3 is 0 Å². The molecule has 1 aliphatic carbocycles. The van der Waals surface area contributed by atoms with Crippen LogP contribution in [0.1, 0.15) is 38.2 Å². The van der Waals surface area contributed by atoms with Gasteiger partial charge in [0.25, 0.3) is 5.91 Å². The third-order valence-electron chi connectivity index (χ3n) is 6.28. The van der Waals surface area contributed by atoms with E-state index in [2.05, 4.69) is 26.3 Å². The number of hydrogen-bond acceptors (Lipinski definition) is 6. The minimum Gasteiger partial charge on any atom is -0.367 e. The van der Waals surface area contributed by atoms with Crippen molar-refractivity contribution in [1.82, 2.24) is 19.8 Å². The molecule has 30 heavy (non-hydrogen) atoms. The lowest BCUT2D eigenvalue weighted by atomic mass is 9.89. The summed E-state index contributed by atoms with van der Waals surface area (Å²) >= 11 is 0. The molecule has 1 aliphatic heterocycles. The Morgan fingerprint density at radius 3 is 2.60 bits per heavy atom. The fraction of sp³-hybridized carbons (Fsp3) is 0.545. The lowest BCUT2D eigenvalue weighted by Crippen LogP contribution is -2.54. The quantitative estimate of drug-likeness (QED) is 0.834. The summed E-state index contributed by atoms with van der Waals surface area (Å²) in [6.45, 7) is 4.16. The molecule has 7 nitrogen and oxygen atoms in total. The second-order valence-corrected chi connectivity index (χ2v) is 8.19. The second kappa shape index (κ2) is 8.92. The maximum Gasteiger partial charge on any atom is 0.256 e. The number of aromatic nitrogens is 2. The zero-order chi connectivity index (χ0) is 21.1. The first-order valence-electron chi connectivity index (χ1n) is 10.6. The van der Waals surface area contributed by atoms with E-state index >= 15 is 0 Å². The average molecular weight is 410 g/mol. The van der Waals surface area contributed by atoms with E-state index in [-0.39, 0.29) is 5.91 Å². The summed E-state index contributed by atoms with van der Waals surface area (Å²) in [7, 11) is 0. The Hall–Kier alpha value is -2.79.